The highest BCUT2D eigenvalue weighted by Crippen LogP contribution is 2.50. The number of hydrogen-bond acceptors (Lipinski definition) is 7. The first kappa shape index (κ1) is 36.1. The highest BCUT2D eigenvalue weighted by atomic mass is 16.6. The van der Waals surface area contributed by atoms with Crippen LogP contribution in [0.4, 0.5) is 26.7 Å². The van der Waals surface area contributed by atoms with Gasteiger partial charge in [0.05, 0.1) is 12.8 Å². The van der Waals surface area contributed by atoms with Gasteiger partial charge in [0.2, 0.25) is 0 Å². The van der Waals surface area contributed by atoms with Crippen LogP contribution < -0.4 is 30.3 Å². The summed E-state index contributed by atoms with van der Waals surface area (Å²) in [5.41, 5.74) is 3.97. The van der Waals surface area contributed by atoms with E-state index in [1.807, 2.05) is 100 Å². The molecule has 0 aromatic heterocycles. The average molecular weight is 659 g/mol. The Morgan fingerprint density at radius 2 is 1.56 bits per heavy atom. The van der Waals surface area contributed by atoms with Crippen LogP contribution in [0.1, 0.15) is 88.8 Å². The molecule has 48 heavy (non-hydrogen) atoms. The Morgan fingerprint density at radius 1 is 0.917 bits per heavy atom. The number of carbonyl (C=O) groups excluding carboxylic acids is 3. The van der Waals surface area contributed by atoms with Crippen molar-refractivity contribution in [3.8, 4) is 11.5 Å². The zero-order valence-corrected chi connectivity index (χ0v) is 29.3. The van der Waals surface area contributed by atoms with E-state index in [1.54, 1.807) is 14.0 Å². The highest BCUT2D eigenvalue weighted by molar-refractivity contribution is 6.02. The molecule has 0 saturated heterocycles. The van der Waals surface area contributed by atoms with E-state index in [4.69, 9.17) is 14.2 Å². The first-order valence-electron chi connectivity index (χ1n) is 16.7. The third kappa shape index (κ3) is 9.65. The van der Waals surface area contributed by atoms with Crippen LogP contribution >= 0.6 is 0 Å². The molecule has 3 amide bonds. The van der Waals surface area contributed by atoms with Gasteiger partial charge < -0.3 is 35.1 Å². The lowest BCUT2D eigenvalue weighted by Gasteiger charge is -2.31. The molecule has 0 unspecified atom stereocenters. The first-order chi connectivity index (χ1) is 22.9. The summed E-state index contributed by atoms with van der Waals surface area (Å²) >= 11 is 0. The number of nitrogens with zero attached hydrogens (tertiary/aromatic N) is 1. The van der Waals surface area contributed by atoms with Gasteiger partial charge in [-0.2, -0.15) is 0 Å². The molecule has 0 bridgehead atoms. The predicted octanol–water partition coefficient (Wildman–Crippen LogP) is 8.36. The van der Waals surface area contributed by atoms with Crippen LogP contribution in [0.15, 0.2) is 60.7 Å². The lowest BCUT2D eigenvalue weighted by Crippen LogP contribution is -2.41. The summed E-state index contributed by atoms with van der Waals surface area (Å²) < 4.78 is 17.5. The van der Waals surface area contributed by atoms with E-state index in [9.17, 15) is 14.4 Å². The molecular formula is C38H50N4O6. The third-order valence-electron chi connectivity index (χ3n) is 8.56. The fourth-order valence-electron chi connectivity index (χ4n) is 5.88. The van der Waals surface area contributed by atoms with Gasteiger partial charge in [-0.05, 0) is 67.0 Å². The number of urea groups is 1. The number of rotatable bonds is 10. The molecule has 0 heterocycles. The maximum absolute atomic E-state index is 13.7. The Labute approximate surface area is 284 Å². The molecule has 1 atom stereocenters. The number of methoxy groups -OCH3 is 1. The van der Waals surface area contributed by atoms with Crippen LogP contribution in [0, 0.1) is 0 Å². The molecule has 0 aliphatic heterocycles. The minimum Gasteiger partial charge on any atom is -0.495 e. The smallest absolute Gasteiger partial charge is 0.408 e. The maximum atomic E-state index is 13.7. The molecule has 0 radical (unpaired) electrons. The number of ether oxygens (including phenoxy) is 3. The third-order valence-corrected chi connectivity index (χ3v) is 8.56. The van der Waals surface area contributed by atoms with E-state index in [0.29, 0.717) is 22.9 Å². The number of hydrogen-bond donors (Lipinski definition) is 3. The van der Waals surface area contributed by atoms with E-state index in [1.165, 1.54) is 0 Å². The number of benzene rings is 3. The standard InChI is InChI=1S/C38H50N4O6/c1-25(39-37(45)47-24-26-15-11-10-12-16-26)35(43)48-34-30(38(2,3)4)23-31(46-7)33(32(34)27-17-13-8-9-14-18-27)41-36(44)40-28-19-21-29(22-20-28)42(5)6/h10-12,15-16,19-23,25,27H,8-9,13-14,17-18,24H2,1-7H3,(H,39,45)(H2,40,41,44)/t25-/m0/s1. The lowest BCUT2D eigenvalue weighted by atomic mass is 9.80. The normalized spacial score (nSPS) is 14.2. The van der Waals surface area contributed by atoms with Crippen molar-refractivity contribution in [3.63, 3.8) is 0 Å². The molecule has 3 aromatic rings. The number of anilines is 3. The first-order valence-corrected chi connectivity index (χ1v) is 16.7. The Kier molecular flexibility index (Phi) is 12.3. The van der Waals surface area contributed by atoms with Gasteiger partial charge in [0.15, 0.2) is 0 Å². The summed E-state index contributed by atoms with van der Waals surface area (Å²) in [5, 5.41) is 8.58. The highest BCUT2D eigenvalue weighted by Gasteiger charge is 2.34. The van der Waals surface area contributed by atoms with Crippen LogP contribution in [-0.4, -0.2) is 45.3 Å². The van der Waals surface area contributed by atoms with Crippen molar-refractivity contribution >= 4 is 35.2 Å². The Balaban J connectivity index is 1.67. The number of carbonyl (C=O) groups is 3. The van der Waals surface area contributed by atoms with Gasteiger partial charge in [-0.25, -0.2) is 14.4 Å². The fourth-order valence-corrected chi connectivity index (χ4v) is 5.88. The monoisotopic (exact) mass is 658 g/mol. The quantitative estimate of drug-likeness (QED) is 0.114. The zero-order valence-electron chi connectivity index (χ0n) is 29.3. The molecule has 0 spiro atoms. The van der Waals surface area contributed by atoms with Crippen molar-refractivity contribution in [1.82, 2.24) is 5.32 Å². The second-order valence-electron chi connectivity index (χ2n) is 13.6. The predicted molar refractivity (Wildman–Crippen MR) is 190 cm³/mol. The van der Waals surface area contributed by atoms with E-state index in [0.717, 1.165) is 60.9 Å². The summed E-state index contributed by atoms with van der Waals surface area (Å²) in [7, 11) is 5.48. The molecule has 3 N–H and O–H groups in total. The largest absolute Gasteiger partial charge is 0.495 e. The number of nitrogens with one attached hydrogen (secondary N) is 3. The van der Waals surface area contributed by atoms with E-state index < -0.39 is 29.6 Å². The molecule has 1 aliphatic carbocycles. The molecule has 1 aliphatic rings. The van der Waals surface area contributed by atoms with Crippen LogP contribution in [0.3, 0.4) is 0 Å². The molecule has 4 rings (SSSR count). The van der Waals surface area contributed by atoms with Crippen molar-refractivity contribution in [3.05, 3.63) is 77.4 Å². The summed E-state index contributed by atoms with van der Waals surface area (Å²) in [4.78, 5) is 41.8. The molecule has 258 valence electrons. The molecule has 1 fully saturated rings. The van der Waals surface area contributed by atoms with Gasteiger partial charge in [-0.15, -0.1) is 0 Å². The Bertz CT molecular complexity index is 1540. The van der Waals surface area contributed by atoms with Crippen molar-refractivity contribution in [1.29, 1.82) is 0 Å². The number of amides is 3. The summed E-state index contributed by atoms with van der Waals surface area (Å²) in [6, 6.07) is 17.2. The van der Waals surface area contributed by atoms with Crippen molar-refractivity contribution in [2.45, 2.75) is 90.2 Å². The molecular weight excluding hydrogens is 608 g/mol. The van der Waals surface area contributed by atoms with Gasteiger partial charge in [0.1, 0.15) is 24.1 Å². The average Bonchev–Trinajstić information content (AvgIpc) is 3.33. The summed E-state index contributed by atoms with van der Waals surface area (Å²) in [6.07, 6.45) is 5.24. The topological polar surface area (TPSA) is 118 Å². The lowest BCUT2D eigenvalue weighted by molar-refractivity contribution is -0.136. The van der Waals surface area contributed by atoms with Gasteiger partial charge >= 0.3 is 18.1 Å². The van der Waals surface area contributed by atoms with Gasteiger partial charge in [0.25, 0.3) is 0 Å². The van der Waals surface area contributed by atoms with Gasteiger partial charge in [0, 0.05) is 36.6 Å². The van der Waals surface area contributed by atoms with Gasteiger partial charge in [-0.3, -0.25) is 0 Å². The number of alkyl carbamates (subject to hydrolysis) is 1. The van der Waals surface area contributed by atoms with Crippen LogP contribution in [0.5, 0.6) is 11.5 Å². The minimum atomic E-state index is -1.00. The Hall–Kier alpha value is -4.73. The molecule has 10 heteroatoms. The summed E-state index contributed by atoms with van der Waals surface area (Å²) in [6.45, 7) is 7.75. The van der Waals surface area contributed by atoms with E-state index in [2.05, 4.69) is 16.0 Å². The summed E-state index contributed by atoms with van der Waals surface area (Å²) in [5.74, 6) is 0.221. The molecule has 3 aromatic carbocycles. The van der Waals surface area contributed by atoms with E-state index >= 15 is 0 Å². The Morgan fingerprint density at radius 3 is 2.15 bits per heavy atom. The second kappa shape index (κ2) is 16.4. The van der Waals surface area contributed by atoms with Gasteiger partial charge in [-0.1, -0.05) is 76.8 Å². The SMILES string of the molecule is COc1cc(C(C)(C)C)c(OC(=O)[C@H](C)NC(=O)OCc2ccccc2)c(C2CCCCCC2)c1NC(=O)Nc1ccc(N(C)C)cc1. The van der Waals surface area contributed by atoms with Crippen molar-refractivity contribution < 1.29 is 28.6 Å². The molecule has 10 nitrogen and oxygen atoms in total. The second-order valence-corrected chi connectivity index (χ2v) is 13.6. The van der Waals surface area contributed by atoms with Crippen molar-refractivity contribution in [2.24, 2.45) is 0 Å². The zero-order chi connectivity index (χ0) is 34.8. The minimum absolute atomic E-state index is 0.000257. The van der Waals surface area contributed by atoms with Crippen molar-refractivity contribution in [2.75, 3.05) is 36.7 Å². The maximum Gasteiger partial charge on any atom is 0.408 e. The van der Waals surface area contributed by atoms with Crippen LogP contribution in [0.25, 0.3) is 0 Å². The fraction of sp³-hybridized carbons (Fsp3) is 0.447. The van der Waals surface area contributed by atoms with Crippen LogP contribution in [0.2, 0.25) is 0 Å². The van der Waals surface area contributed by atoms with Crippen LogP contribution in [-0.2, 0) is 21.6 Å². The van der Waals surface area contributed by atoms with E-state index in [-0.39, 0.29) is 12.5 Å². The number of esters is 1. The molecule has 1 saturated carbocycles.